The highest BCUT2D eigenvalue weighted by Crippen LogP contribution is 2.35. The lowest BCUT2D eigenvalue weighted by molar-refractivity contribution is 0.102. The van der Waals surface area contributed by atoms with Crippen molar-refractivity contribution in [3.8, 4) is 23.0 Å². The van der Waals surface area contributed by atoms with Crippen molar-refractivity contribution in [1.29, 1.82) is 0 Å². The molecule has 0 aliphatic carbocycles. The zero-order valence-electron chi connectivity index (χ0n) is 23.3. The zero-order valence-corrected chi connectivity index (χ0v) is 23.3. The summed E-state index contributed by atoms with van der Waals surface area (Å²) in [4.78, 5) is 21.6. The summed E-state index contributed by atoms with van der Waals surface area (Å²) < 4.78 is 18.7. The van der Waals surface area contributed by atoms with Crippen LogP contribution in [0.25, 0.3) is 11.0 Å². The van der Waals surface area contributed by atoms with Crippen LogP contribution >= 0.6 is 0 Å². The minimum Gasteiger partial charge on any atom is -0.497 e. The van der Waals surface area contributed by atoms with Crippen LogP contribution in [0.2, 0.25) is 0 Å². The van der Waals surface area contributed by atoms with Gasteiger partial charge in [-0.25, -0.2) is 14.6 Å². The molecule has 3 aromatic heterocycles. The number of hydrogen-bond donors (Lipinski definition) is 3. The lowest BCUT2D eigenvalue weighted by Crippen LogP contribution is -2.22. The van der Waals surface area contributed by atoms with Gasteiger partial charge >= 0.3 is 0 Å². The van der Waals surface area contributed by atoms with E-state index < -0.39 is 0 Å². The maximum Gasteiger partial charge on any atom is 0.256 e. The molecule has 0 spiro atoms. The molecule has 0 saturated carbocycles. The van der Waals surface area contributed by atoms with Gasteiger partial charge in [-0.1, -0.05) is 12.1 Å². The van der Waals surface area contributed by atoms with E-state index in [1.165, 1.54) is 0 Å². The predicted molar refractivity (Wildman–Crippen MR) is 160 cm³/mol. The average Bonchev–Trinajstić information content (AvgIpc) is 3.66. The first kappa shape index (κ1) is 27.0. The van der Waals surface area contributed by atoms with Crippen molar-refractivity contribution >= 4 is 28.6 Å². The van der Waals surface area contributed by atoms with Crippen LogP contribution in [0.4, 0.5) is 11.6 Å². The van der Waals surface area contributed by atoms with E-state index in [0.717, 1.165) is 42.0 Å². The summed E-state index contributed by atoms with van der Waals surface area (Å²) in [5, 5.41) is 15.5. The number of rotatable bonds is 10. The van der Waals surface area contributed by atoms with Gasteiger partial charge in [0, 0.05) is 42.7 Å². The highest BCUT2D eigenvalue weighted by atomic mass is 16.5. The molecular formula is C31H31N7O4. The number of carbonyl (C=O) groups is 1. The van der Waals surface area contributed by atoms with Gasteiger partial charge in [-0.3, -0.25) is 4.79 Å². The number of nitrogens with zero attached hydrogens (tertiary/aromatic N) is 4. The molecule has 1 aliphatic heterocycles. The first-order chi connectivity index (χ1) is 20.6. The molecule has 0 bridgehead atoms. The smallest absolute Gasteiger partial charge is 0.256 e. The summed E-state index contributed by atoms with van der Waals surface area (Å²) in [6.45, 7) is 2.35. The van der Waals surface area contributed by atoms with Crippen molar-refractivity contribution in [1.82, 2.24) is 25.1 Å². The van der Waals surface area contributed by atoms with Gasteiger partial charge in [0.1, 0.15) is 34.2 Å². The summed E-state index contributed by atoms with van der Waals surface area (Å²) in [7, 11) is 3.21. The summed E-state index contributed by atoms with van der Waals surface area (Å²) >= 11 is 0. The van der Waals surface area contributed by atoms with Gasteiger partial charge in [-0.15, -0.1) is 0 Å². The normalized spacial score (nSPS) is 14.5. The summed E-state index contributed by atoms with van der Waals surface area (Å²) in [5.74, 6) is 3.44. The van der Waals surface area contributed by atoms with Crippen LogP contribution in [0.3, 0.4) is 0 Å². The molecule has 11 heteroatoms. The summed E-state index contributed by atoms with van der Waals surface area (Å²) in [6, 6.07) is 20.3. The fraction of sp³-hybridized carbons (Fsp3) is 0.226. The monoisotopic (exact) mass is 565 g/mol. The van der Waals surface area contributed by atoms with Gasteiger partial charge in [-0.05, 0) is 61.0 Å². The molecule has 214 valence electrons. The minimum atomic E-state index is -0.287. The molecule has 1 amide bonds. The molecule has 4 heterocycles. The molecule has 1 atom stereocenters. The van der Waals surface area contributed by atoms with E-state index in [9.17, 15) is 4.79 Å². The number of carbonyl (C=O) groups excluding carboxylic acids is 1. The number of ether oxygens (including phenoxy) is 3. The molecule has 6 rings (SSSR count). The molecule has 0 radical (unpaired) electrons. The second-order valence-electron chi connectivity index (χ2n) is 9.86. The number of methoxy groups -OCH3 is 2. The van der Waals surface area contributed by atoms with E-state index in [-0.39, 0.29) is 11.9 Å². The van der Waals surface area contributed by atoms with E-state index >= 15 is 0 Å². The number of hydrogen-bond acceptors (Lipinski definition) is 9. The van der Waals surface area contributed by atoms with E-state index in [1.807, 2.05) is 35.0 Å². The maximum atomic E-state index is 12.8. The molecule has 1 fully saturated rings. The molecule has 1 saturated heterocycles. The van der Waals surface area contributed by atoms with Crippen molar-refractivity contribution in [3.63, 3.8) is 0 Å². The molecule has 5 aromatic rings. The Kier molecular flexibility index (Phi) is 7.82. The quantitative estimate of drug-likeness (QED) is 0.221. The summed E-state index contributed by atoms with van der Waals surface area (Å²) in [5.41, 5.74) is 2.24. The summed E-state index contributed by atoms with van der Waals surface area (Å²) in [6.07, 6.45) is 4.29. The molecule has 3 N–H and O–H groups in total. The largest absolute Gasteiger partial charge is 0.497 e. The fourth-order valence-corrected chi connectivity index (χ4v) is 4.84. The highest BCUT2D eigenvalue weighted by molar-refractivity contribution is 6.03. The van der Waals surface area contributed by atoms with Gasteiger partial charge in [0.2, 0.25) is 0 Å². The number of benzene rings is 2. The Morgan fingerprint density at radius 1 is 0.952 bits per heavy atom. The minimum absolute atomic E-state index is 0.252. The van der Waals surface area contributed by atoms with Crippen LogP contribution in [0, 0.1) is 0 Å². The number of amides is 1. The lowest BCUT2D eigenvalue weighted by atomic mass is 10.2. The van der Waals surface area contributed by atoms with E-state index in [4.69, 9.17) is 19.3 Å². The molecular weight excluding hydrogens is 534 g/mol. The maximum absolute atomic E-state index is 12.8. The van der Waals surface area contributed by atoms with Crippen LogP contribution in [-0.2, 0) is 6.54 Å². The number of fused-ring (bicyclic) bond motifs is 1. The van der Waals surface area contributed by atoms with Crippen molar-refractivity contribution in [3.05, 3.63) is 90.3 Å². The molecule has 11 nitrogen and oxygen atoms in total. The van der Waals surface area contributed by atoms with Crippen LogP contribution < -0.4 is 30.2 Å². The number of pyridine rings is 2. The van der Waals surface area contributed by atoms with E-state index in [0.29, 0.717) is 40.8 Å². The number of aromatic nitrogens is 4. The second-order valence-corrected chi connectivity index (χ2v) is 9.86. The van der Waals surface area contributed by atoms with Crippen LogP contribution in [0.15, 0.2) is 79.1 Å². The highest BCUT2D eigenvalue weighted by Gasteiger charge is 2.22. The Hall–Kier alpha value is -5.16. The van der Waals surface area contributed by atoms with Gasteiger partial charge in [0.05, 0.1) is 20.8 Å². The zero-order chi connectivity index (χ0) is 28.9. The molecule has 42 heavy (non-hydrogen) atoms. The third-order valence-corrected chi connectivity index (χ3v) is 7.04. The number of nitrogens with one attached hydrogen (secondary N) is 3. The standard InChI is InChI=1S/C31H31N7O4/c1-40-23-7-3-20(4-8-23)19-38-30-28(29(37-38)35-22-11-14-32-18-22)26(13-16-34-30)42-24-9-5-21(6-10-24)31(39)36-27-17-25(41-2)12-15-33-27/h3-10,12-13,15-17,22,32H,11,14,18-19H2,1-2H3,(H,35,37)(H,33,36,39)/t22-/m1/s1. The van der Waals surface area contributed by atoms with E-state index in [2.05, 4.69) is 25.9 Å². The SMILES string of the molecule is COc1ccc(Cn2nc(N[C@@H]3CCNC3)c3c(Oc4ccc(C(=O)Nc5cc(OC)ccn5)cc4)ccnc32)cc1. The Morgan fingerprint density at radius 3 is 2.45 bits per heavy atom. The van der Waals surface area contributed by atoms with Gasteiger partial charge < -0.3 is 30.2 Å². The number of anilines is 2. The molecule has 0 unspecified atom stereocenters. The van der Waals surface area contributed by atoms with Gasteiger partial charge in [0.15, 0.2) is 11.5 Å². The van der Waals surface area contributed by atoms with E-state index in [1.54, 1.807) is 63.0 Å². The Morgan fingerprint density at radius 2 is 1.71 bits per heavy atom. The van der Waals surface area contributed by atoms with Gasteiger partial charge in [0.25, 0.3) is 5.91 Å². The Balaban J connectivity index is 1.25. The average molecular weight is 566 g/mol. The third kappa shape index (κ3) is 5.96. The fourth-order valence-electron chi connectivity index (χ4n) is 4.84. The second kappa shape index (κ2) is 12.1. The Labute approximate surface area is 242 Å². The first-order valence-electron chi connectivity index (χ1n) is 13.6. The van der Waals surface area contributed by atoms with Crippen LogP contribution in [-0.4, -0.2) is 59.0 Å². The molecule has 1 aliphatic rings. The predicted octanol–water partition coefficient (Wildman–Crippen LogP) is 4.71. The topological polar surface area (TPSA) is 124 Å². The van der Waals surface area contributed by atoms with Crippen molar-refractivity contribution in [2.75, 3.05) is 37.9 Å². The lowest BCUT2D eigenvalue weighted by Gasteiger charge is -2.12. The van der Waals surface area contributed by atoms with Crippen molar-refractivity contribution in [2.24, 2.45) is 0 Å². The van der Waals surface area contributed by atoms with Crippen molar-refractivity contribution < 1.29 is 19.0 Å². The van der Waals surface area contributed by atoms with Crippen LogP contribution in [0.1, 0.15) is 22.3 Å². The van der Waals surface area contributed by atoms with Gasteiger partial charge in [-0.2, -0.15) is 5.10 Å². The Bertz CT molecular complexity index is 1680. The first-order valence-corrected chi connectivity index (χ1v) is 13.6. The van der Waals surface area contributed by atoms with Crippen LogP contribution in [0.5, 0.6) is 23.0 Å². The molecule has 2 aromatic carbocycles. The third-order valence-electron chi connectivity index (χ3n) is 7.04. The van der Waals surface area contributed by atoms with Crippen molar-refractivity contribution in [2.45, 2.75) is 19.0 Å².